The van der Waals surface area contributed by atoms with Gasteiger partial charge in [0, 0.05) is 55.5 Å². The zero-order valence-electron chi connectivity index (χ0n) is 27.0. The summed E-state index contributed by atoms with van der Waals surface area (Å²) in [4.78, 5) is 27.1. The number of aromatic nitrogens is 10. The number of rotatable bonds is 4. The van der Waals surface area contributed by atoms with Crippen LogP contribution in [0.25, 0.3) is 89.0 Å². The first-order chi connectivity index (χ1) is 23.4. The molecule has 0 spiro atoms. The third kappa shape index (κ3) is 5.49. The van der Waals surface area contributed by atoms with E-state index in [4.69, 9.17) is 18.8 Å². The maximum absolute atomic E-state index is 5.82. The second-order valence-corrected chi connectivity index (χ2v) is 11.8. The van der Waals surface area contributed by atoms with Crippen LogP contribution in [0.1, 0.15) is 0 Å². The molecule has 0 atom stereocenters. The summed E-state index contributed by atoms with van der Waals surface area (Å²) in [6, 6.07) is 12.1. The number of fused-ring (bicyclic) bond motifs is 6. The van der Waals surface area contributed by atoms with E-state index >= 15 is 0 Å². The van der Waals surface area contributed by atoms with Crippen LogP contribution in [-0.4, -0.2) is 38.2 Å². The van der Waals surface area contributed by atoms with E-state index in [-0.39, 0.29) is 42.1 Å². The van der Waals surface area contributed by atoms with E-state index in [1.165, 1.54) is 0 Å². The summed E-state index contributed by atoms with van der Waals surface area (Å²) in [6.45, 7) is 0. The number of nitrogens with zero attached hydrogens (tertiary/aromatic N) is 10. The second kappa shape index (κ2) is 12.9. The largest absolute Gasteiger partial charge is 2.00 e. The smallest absolute Gasteiger partial charge is 0.654 e. The molecule has 2 aromatic carbocycles. The molecule has 0 fully saturated rings. The van der Waals surface area contributed by atoms with Gasteiger partial charge in [-0.05, 0) is 25.2 Å². The molecule has 0 aliphatic heterocycles. The Balaban J connectivity index is 0.000000151. The Morgan fingerprint density at radius 1 is 0.540 bits per heavy atom. The Hall–Kier alpha value is -5.18. The van der Waals surface area contributed by atoms with E-state index in [0.717, 1.165) is 89.0 Å². The number of hydrogen-bond donors (Lipinski definition) is 0. The van der Waals surface area contributed by atoms with Gasteiger partial charge >= 0.3 is 42.1 Å². The molecule has 0 bridgehead atoms. The maximum Gasteiger partial charge on any atom is 2.00 e. The van der Waals surface area contributed by atoms with Gasteiger partial charge in [-0.3, -0.25) is 0 Å². The normalized spacial score (nSPS) is 11.3. The van der Waals surface area contributed by atoms with Crippen LogP contribution in [0.2, 0.25) is 0 Å². The molecule has 8 heterocycles. The van der Waals surface area contributed by atoms with Crippen molar-refractivity contribution in [3.05, 3.63) is 99.0 Å². The van der Waals surface area contributed by atoms with Gasteiger partial charge in [-0.2, -0.15) is 0 Å². The molecule has 8 aromatic heterocycles. The first-order valence-corrected chi connectivity index (χ1v) is 15.1. The molecule has 10 aromatic rings. The van der Waals surface area contributed by atoms with Gasteiger partial charge in [-0.25, -0.2) is 9.97 Å². The molecule has 252 valence electrons. The number of benzene rings is 2. The Morgan fingerprint density at radius 2 is 0.980 bits per heavy atom. The average Bonchev–Trinajstić information content (AvgIpc) is 3.91. The topological polar surface area (TPSA) is 126 Å². The maximum atomic E-state index is 5.82. The third-order valence-corrected chi connectivity index (χ3v) is 8.34. The number of para-hydroxylation sites is 2. The van der Waals surface area contributed by atoms with Crippen molar-refractivity contribution in [2.75, 3.05) is 0 Å². The third-order valence-electron chi connectivity index (χ3n) is 8.34. The average molecular weight is 1020 g/mol. The van der Waals surface area contributed by atoms with Crippen molar-refractivity contribution in [1.29, 1.82) is 0 Å². The molecular formula is C36H26N10O2Pt2. The quantitative estimate of drug-likeness (QED) is 0.189. The first kappa shape index (κ1) is 33.3. The molecule has 0 saturated heterocycles. The SMILES string of the molecule is Cn1[c-]nc(-c2cccc3c2[n-]c2c(-c4cn(C)cn4)coc23)c1.Cn1[c-]nc(-c2coc3c2[n-]c2c(-c4cn(C)cn4)cccc23)c1.[Pt+2].[Pt+2]. The molecule has 50 heavy (non-hydrogen) atoms. The van der Waals surface area contributed by atoms with E-state index in [9.17, 15) is 0 Å². The molecule has 0 radical (unpaired) electrons. The minimum absolute atomic E-state index is 0. The van der Waals surface area contributed by atoms with E-state index < -0.39 is 0 Å². The van der Waals surface area contributed by atoms with Crippen molar-refractivity contribution in [3.8, 4) is 45.0 Å². The van der Waals surface area contributed by atoms with Gasteiger partial charge in [0.15, 0.2) is 0 Å². The molecule has 0 amide bonds. The van der Waals surface area contributed by atoms with Crippen LogP contribution in [0, 0.1) is 12.7 Å². The van der Waals surface area contributed by atoms with Crippen LogP contribution in [0.5, 0.6) is 0 Å². The van der Waals surface area contributed by atoms with Crippen LogP contribution < -0.4 is 9.97 Å². The summed E-state index contributed by atoms with van der Waals surface area (Å²) >= 11 is 0. The standard InChI is InChI=1S/2C18H13N5O.2Pt/c2*1-22-6-14(19-9-22)11-4-3-5-12-16(11)21-17-13(8-24-18(12)17)15-7-23(2)10-20-15;;/h3-8,10H,1-2H3;3-9H,1-2H3;;/q2*-2;2*+2. The summed E-state index contributed by atoms with van der Waals surface area (Å²) in [5, 5.41) is 1.97. The summed E-state index contributed by atoms with van der Waals surface area (Å²) in [5.74, 6) is 0. The van der Waals surface area contributed by atoms with E-state index in [2.05, 4.69) is 32.6 Å². The Labute approximate surface area is 313 Å². The monoisotopic (exact) mass is 1020 g/mol. The van der Waals surface area contributed by atoms with Gasteiger partial charge in [0.2, 0.25) is 0 Å². The predicted molar refractivity (Wildman–Crippen MR) is 181 cm³/mol. The van der Waals surface area contributed by atoms with Gasteiger partial charge in [0.05, 0.1) is 36.6 Å². The number of aryl methyl sites for hydroxylation is 4. The van der Waals surface area contributed by atoms with E-state index in [1.54, 1.807) is 34.3 Å². The van der Waals surface area contributed by atoms with Gasteiger partial charge in [0.1, 0.15) is 11.2 Å². The molecule has 0 saturated carbocycles. The zero-order valence-corrected chi connectivity index (χ0v) is 31.5. The van der Waals surface area contributed by atoms with Crippen molar-refractivity contribution in [2.45, 2.75) is 0 Å². The van der Waals surface area contributed by atoms with Crippen molar-refractivity contribution >= 4 is 44.0 Å². The van der Waals surface area contributed by atoms with Gasteiger partial charge in [-0.15, -0.1) is 23.4 Å². The molecular weight excluding hydrogens is 995 g/mol. The van der Waals surface area contributed by atoms with Crippen molar-refractivity contribution in [2.24, 2.45) is 28.2 Å². The van der Waals surface area contributed by atoms with Crippen LogP contribution in [-0.2, 0) is 70.3 Å². The Kier molecular flexibility index (Phi) is 8.62. The fourth-order valence-electron chi connectivity index (χ4n) is 6.11. The zero-order chi connectivity index (χ0) is 32.5. The van der Waals surface area contributed by atoms with Crippen molar-refractivity contribution in [1.82, 2.24) is 48.2 Å². The van der Waals surface area contributed by atoms with Gasteiger partial charge in [0.25, 0.3) is 0 Å². The van der Waals surface area contributed by atoms with E-state index in [1.807, 2.05) is 98.5 Å². The molecule has 14 heteroatoms. The minimum Gasteiger partial charge on any atom is -0.654 e. The molecule has 0 aliphatic carbocycles. The summed E-state index contributed by atoms with van der Waals surface area (Å²) < 4.78 is 19.1. The number of imidazole rings is 4. The van der Waals surface area contributed by atoms with E-state index in [0.29, 0.717) is 0 Å². The summed E-state index contributed by atoms with van der Waals surface area (Å²) in [5.41, 5.74) is 12.2. The van der Waals surface area contributed by atoms with Crippen molar-refractivity contribution in [3.63, 3.8) is 0 Å². The molecule has 0 N–H and O–H groups in total. The second-order valence-electron chi connectivity index (χ2n) is 11.8. The van der Waals surface area contributed by atoms with Crippen molar-refractivity contribution < 1.29 is 51.0 Å². The first-order valence-electron chi connectivity index (χ1n) is 15.1. The van der Waals surface area contributed by atoms with Crippen LogP contribution in [0.4, 0.5) is 0 Å². The summed E-state index contributed by atoms with van der Waals surface area (Å²) in [7, 11) is 7.69. The number of hydrogen-bond acceptors (Lipinski definition) is 6. The van der Waals surface area contributed by atoms with Crippen LogP contribution in [0.15, 0.2) is 95.2 Å². The molecule has 12 nitrogen and oxygen atoms in total. The van der Waals surface area contributed by atoms with Gasteiger partial charge < -0.3 is 47.0 Å². The van der Waals surface area contributed by atoms with Gasteiger partial charge in [-0.1, -0.05) is 64.4 Å². The summed E-state index contributed by atoms with van der Waals surface area (Å²) in [6.07, 6.45) is 20.6. The van der Waals surface area contributed by atoms with Crippen LogP contribution in [0.3, 0.4) is 0 Å². The minimum atomic E-state index is 0. The Morgan fingerprint density at radius 3 is 1.42 bits per heavy atom. The number of furan rings is 2. The molecule has 0 unspecified atom stereocenters. The predicted octanol–water partition coefficient (Wildman–Crippen LogP) is 6.28. The molecule has 0 aliphatic rings. The van der Waals surface area contributed by atoms with Crippen LogP contribution >= 0.6 is 0 Å². The molecule has 10 rings (SSSR count). The fourth-order valence-corrected chi connectivity index (χ4v) is 6.11. The fraction of sp³-hybridized carbons (Fsp3) is 0.111. The Bertz CT molecular complexity index is 2570.